The summed E-state index contributed by atoms with van der Waals surface area (Å²) in [6.07, 6.45) is 1.81. The van der Waals surface area contributed by atoms with Crippen LogP contribution in [0.3, 0.4) is 0 Å². The van der Waals surface area contributed by atoms with E-state index in [-0.39, 0.29) is 0 Å². The van der Waals surface area contributed by atoms with E-state index in [4.69, 9.17) is 0 Å². The summed E-state index contributed by atoms with van der Waals surface area (Å²) in [6, 6.07) is 17.8. The van der Waals surface area contributed by atoms with E-state index in [1.807, 2.05) is 30.5 Å². The van der Waals surface area contributed by atoms with Gasteiger partial charge in [-0.05, 0) is 96.6 Å². The van der Waals surface area contributed by atoms with E-state index in [9.17, 15) is 5.11 Å². The van der Waals surface area contributed by atoms with Gasteiger partial charge < -0.3 is 9.67 Å². The number of benzene rings is 2. The Bertz CT molecular complexity index is 844. The molecule has 0 radical (unpaired) electrons. The van der Waals surface area contributed by atoms with Crippen LogP contribution in [0.25, 0.3) is 5.69 Å². The van der Waals surface area contributed by atoms with Gasteiger partial charge in [0.25, 0.3) is 0 Å². The molecule has 0 atom stereocenters. The first-order valence-corrected chi connectivity index (χ1v) is 8.40. The Morgan fingerprint density at radius 1 is 0.957 bits per heavy atom. The van der Waals surface area contributed by atoms with Gasteiger partial charge in [0.1, 0.15) is 5.75 Å². The number of aromatic hydroxyl groups is 1. The van der Waals surface area contributed by atoms with Crippen LogP contribution >= 0.6 is 22.6 Å². The summed E-state index contributed by atoms with van der Waals surface area (Å²) in [5.41, 5.74) is 5.45. The Morgan fingerprint density at radius 3 is 2.22 bits per heavy atom. The lowest BCUT2D eigenvalue weighted by Gasteiger charge is -2.09. The zero-order valence-electron chi connectivity index (χ0n) is 13.0. The Kier molecular flexibility index (Phi) is 4.52. The molecule has 0 spiro atoms. The molecule has 23 heavy (non-hydrogen) atoms. The first kappa shape index (κ1) is 15.8. The molecule has 1 heterocycles. The van der Waals surface area contributed by atoms with Crippen LogP contribution < -0.4 is 0 Å². The van der Waals surface area contributed by atoms with Crippen molar-refractivity contribution in [3.8, 4) is 11.4 Å². The molecule has 0 aliphatic carbocycles. The minimum atomic E-state index is 0.296. The van der Waals surface area contributed by atoms with E-state index in [0.717, 1.165) is 20.5 Å². The molecular weight excluding hydrogens is 399 g/mol. The second-order valence-corrected chi connectivity index (χ2v) is 6.60. The molecule has 0 bridgehead atoms. The SMILES string of the molecule is Cc1ccc(C)n1-c1ccc(N=Cc2ccc(O)c(I)c2)cc1. The number of rotatable bonds is 3. The third-order valence-corrected chi connectivity index (χ3v) is 4.58. The van der Waals surface area contributed by atoms with Gasteiger partial charge in [-0.15, -0.1) is 0 Å². The molecule has 0 fully saturated rings. The van der Waals surface area contributed by atoms with Gasteiger partial charge in [-0.25, -0.2) is 0 Å². The monoisotopic (exact) mass is 416 g/mol. The average Bonchev–Trinajstić information content (AvgIpc) is 2.88. The predicted octanol–water partition coefficient (Wildman–Crippen LogP) is 5.15. The Balaban J connectivity index is 1.82. The number of nitrogens with zero attached hydrogens (tertiary/aromatic N) is 2. The maximum atomic E-state index is 9.54. The highest BCUT2D eigenvalue weighted by Gasteiger charge is 2.03. The predicted molar refractivity (Wildman–Crippen MR) is 103 cm³/mol. The first-order chi connectivity index (χ1) is 11.0. The zero-order chi connectivity index (χ0) is 16.4. The van der Waals surface area contributed by atoms with E-state index >= 15 is 0 Å². The van der Waals surface area contributed by atoms with Crippen molar-refractivity contribution in [3.05, 3.63) is 75.1 Å². The van der Waals surface area contributed by atoms with E-state index in [1.54, 1.807) is 6.07 Å². The van der Waals surface area contributed by atoms with Crippen LogP contribution in [-0.4, -0.2) is 15.9 Å². The van der Waals surface area contributed by atoms with Crippen molar-refractivity contribution in [1.82, 2.24) is 4.57 Å². The van der Waals surface area contributed by atoms with Crippen LogP contribution in [0, 0.1) is 17.4 Å². The van der Waals surface area contributed by atoms with E-state index in [2.05, 4.69) is 70.3 Å². The minimum Gasteiger partial charge on any atom is -0.507 e. The fourth-order valence-electron chi connectivity index (χ4n) is 2.52. The Hall–Kier alpha value is -2.08. The molecule has 3 nitrogen and oxygen atoms in total. The largest absolute Gasteiger partial charge is 0.507 e. The third kappa shape index (κ3) is 3.47. The van der Waals surface area contributed by atoms with Crippen molar-refractivity contribution in [3.63, 3.8) is 0 Å². The molecule has 116 valence electrons. The number of aliphatic imine (C=N–C) groups is 1. The molecule has 3 aromatic rings. The fourth-order valence-corrected chi connectivity index (χ4v) is 3.06. The van der Waals surface area contributed by atoms with Crippen molar-refractivity contribution >= 4 is 34.5 Å². The zero-order valence-corrected chi connectivity index (χ0v) is 15.2. The van der Waals surface area contributed by atoms with E-state index in [1.165, 1.54) is 11.4 Å². The molecular formula is C19H17IN2O. The minimum absolute atomic E-state index is 0.296. The number of hydrogen-bond donors (Lipinski definition) is 1. The number of phenolic OH excluding ortho intramolecular Hbond substituents is 1. The van der Waals surface area contributed by atoms with Crippen molar-refractivity contribution in [2.24, 2.45) is 4.99 Å². The molecule has 2 aromatic carbocycles. The maximum Gasteiger partial charge on any atom is 0.128 e. The van der Waals surface area contributed by atoms with Crippen molar-refractivity contribution in [2.45, 2.75) is 13.8 Å². The molecule has 3 rings (SSSR count). The summed E-state index contributed by atoms with van der Waals surface area (Å²) in [4.78, 5) is 4.50. The van der Waals surface area contributed by atoms with Gasteiger partial charge in [0, 0.05) is 23.3 Å². The van der Waals surface area contributed by atoms with Gasteiger partial charge in [0.15, 0.2) is 0 Å². The van der Waals surface area contributed by atoms with Crippen LogP contribution in [0.2, 0.25) is 0 Å². The lowest BCUT2D eigenvalue weighted by molar-refractivity contribution is 0.471. The number of aromatic nitrogens is 1. The summed E-state index contributed by atoms with van der Waals surface area (Å²) in [6.45, 7) is 4.21. The lowest BCUT2D eigenvalue weighted by Crippen LogP contribution is -1.97. The number of hydrogen-bond acceptors (Lipinski definition) is 2. The van der Waals surface area contributed by atoms with Crippen LogP contribution in [0.1, 0.15) is 17.0 Å². The van der Waals surface area contributed by atoms with Gasteiger partial charge >= 0.3 is 0 Å². The summed E-state index contributed by atoms with van der Waals surface area (Å²) in [5.74, 6) is 0.296. The quantitative estimate of drug-likeness (QED) is 0.465. The van der Waals surface area contributed by atoms with Crippen LogP contribution in [0.15, 0.2) is 59.6 Å². The fraction of sp³-hybridized carbons (Fsp3) is 0.105. The first-order valence-electron chi connectivity index (χ1n) is 7.32. The highest BCUT2D eigenvalue weighted by atomic mass is 127. The molecule has 0 amide bonds. The van der Waals surface area contributed by atoms with Crippen LogP contribution in [-0.2, 0) is 0 Å². The topological polar surface area (TPSA) is 37.5 Å². The highest BCUT2D eigenvalue weighted by Crippen LogP contribution is 2.22. The number of phenols is 1. The highest BCUT2D eigenvalue weighted by molar-refractivity contribution is 14.1. The van der Waals surface area contributed by atoms with Crippen molar-refractivity contribution in [2.75, 3.05) is 0 Å². The molecule has 0 saturated carbocycles. The summed E-state index contributed by atoms with van der Waals surface area (Å²) in [5, 5.41) is 9.54. The Labute approximate surface area is 149 Å². The molecule has 1 aromatic heterocycles. The second kappa shape index (κ2) is 6.58. The second-order valence-electron chi connectivity index (χ2n) is 5.44. The smallest absolute Gasteiger partial charge is 0.128 e. The number of halogens is 1. The molecule has 0 saturated heterocycles. The Morgan fingerprint density at radius 2 is 1.61 bits per heavy atom. The maximum absolute atomic E-state index is 9.54. The molecule has 0 aliphatic heterocycles. The molecule has 0 aliphatic rings. The van der Waals surface area contributed by atoms with Gasteiger partial charge in [-0.3, -0.25) is 4.99 Å². The normalized spacial score (nSPS) is 11.3. The standard InChI is InChI=1S/C19H17IN2O/c1-13-3-4-14(2)22(13)17-8-6-16(7-9-17)21-12-15-5-10-19(23)18(20)11-15/h3-12,23H,1-2H3. The van der Waals surface area contributed by atoms with Gasteiger partial charge in [-0.1, -0.05) is 0 Å². The van der Waals surface area contributed by atoms with Crippen molar-refractivity contribution < 1.29 is 5.11 Å². The molecule has 1 N–H and O–H groups in total. The summed E-state index contributed by atoms with van der Waals surface area (Å²) >= 11 is 2.11. The van der Waals surface area contributed by atoms with Crippen LogP contribution in [0.4, 0.5) is 5.69 Å². The summed E-state index contributed by atoms with van der Waals surface area (Å²) < 4.78 is 3.04. The molecule has 4 heteroatoms. The van der Waals surface area contributed by atoms with Gasteiger partial charge in [0.2, 0.25) is 0 Å². The summed E-state index contributed by atoms with van der Waals surface area (Å²) in [7, 11) is 0. The lowest BCUT2D eigenvalue weighted by atomic mass is 10.2. The molecule has 0 unspecified atom stereocenters. The average molecular weight is 416 g/mol. The third-order valence-electron chi connectivity index (χ3n) is 3.71. The van der Waals surface area contributed by atoms with Crippen LogP contribution in [0.5, 0.6) is 5.75 Å². The van der Waals surface area contributed by atoms with Crippen molar-refractivity contribution in [1.29, 1.82) is 0 Å². The van der Waals surface area contributed by atoms with E-state index < -0.39 is 0 Å². The number of aryl methyl sites for hydroxylation is 2. The van der Waals surface area contributed by atoms with Gasteiger partial charge in [-0.2, -0.15) is 0 Å². The van der Waals surface area contributed by atoms with E-state index in [0.29, 0.717) is 5.75 Å². The van der Waals surface area contributed by atoms with Gasteiger partial charge in [0.05, 0.1) is 9.26 Å².